The average molecular weight is 415 g/mol. The number of nitro benzene ring substituents is 1. The average Bonchev–Trinajstić information content (AvgIpc) is 3.17. The van der Waals surface area contributed by atoms with E-state index < -0.39 is 38.8 Å². The molecule has 10 nitrogen and oxygen atoms in total. The van der Waals surface area contributed by atoms with Crippen LogP contribution in [-0.4, -0.2) is 41.3 Å². The summed E-state index contributed by atoms with van der Waals surface area (Å²) < 4.78 is 25.6. The molecule has 2 atom stereocenters. The van der Waals surface area contributed by atoms with Crippen LogP contribution in [0.4, 0.5) is 5.69 Å². The lowest BCUT2D eigenvalue weighted by molar-refractivity contribution is -0.384. The molecule has 0 saturated carbocycles. The second-order valence-corrected chi connectivity index (χ2v) is 8.26. The van der Waals surface area contributed by atoms with Crippen molar-refractivity contribution in [3.63, 3.8) is 0 Å². The second-order valence-electron chi connectivity index (χ2n) is 6.51. The van der Waals surface area contributed by atoms with E-state index >= 15 is 0 Å². The zero-order chi connectivity index (χ0) is 20.9. The fraction of sp³-hybridized carbons (Fsp3) is 0.167. The number of carbonyl (C=O) groups excluding carboxylic acids is 2. The number of carbonyl (C=O) groups is 2. The van der Waals surface area contributed by atoms with Crippen molar-refractivity contribution in [1.82, 2.24) is 4.31 Å². The van der Waals surface area contributed by atoms with Crippen LogP contribution in [0, 0.1) is 16.0 Å². The minimum absolute atomic E-state index is 0.0914. The van der Waals surface area contributed by atoms with E-state index in [1.165, 1.54) is 42.5 Å². The van der Waals surface area contributed by atoms with E-state index in [0.29, 0.717) is 5.56 Å². The SMILES string of the molecule is CC1C(c2cccc([N+](=O)[O-])c2)=NOC1C(=O)N1C(=O)c2ccccc2S1(=O)=O. The van der Waals surface area contributed by atoms with Gasteiger partial charge in [0.15, 0.2) is 0 Å². The highest BCUT2D eigenvalue weighted by molar-refractivity contribution is 7.90. The first kappa shape index (κ1) is 18.7. The Morgan fingerprint density at radius 1 is 1.21 bits per heavy atom. The molecule has 2 heterocycles. The van der Waals surface area contributed by atoms with Crippen molar-refractivity contribution in [2.45, 2.75) is 17.9 Å². The van der Waals surface area contributed by atoms with Gasteiger partial charge in [-0.05, 0) is 12.1 Å². The van der Waals surface area contributed by atoms with E-state index in [0.717, 1.165) is 0 Å². The van der Waals surface area contributed by atoms with E-state index in [4.69, 9.17) is 4.84 Å². The number of non-ortho nitro benzene ring substituents is 1. The molecule has 4 rings (SSSR count). The molecule has 0 N–H and O–H groups in total. The van der Waals surface area contributed by atoms with Gasteiger partial charge in [0.2, 0.25) is 6.10 Å². The molecule has 0 aromatic heterocycles. The highest BCUT2D eigenvalue weighted by Gasteiger charge is 2.50. The molecule has 2 amide bonds. The van der Waals surface area contributed by atoms with Crippen LogP contribution in [0.2, 0.25) is 0 Å². The third-order valence-electron chi connectivity index (χ3n) is 4.77. The number of sulfonamides is 1. The van der Waals surface area contributed by atoms with Crippen molar-refractivity contribution in [3.8, 4) is 0 Å². The summed E-state index contributed by atoms with van der Waals surface area (Å²) in [5.74, 6) is -2.76. The summed E-state index contributed by atoms with van der Waals surface area (Å²) in [5.41, 5.74) is 0.348. The predicted molar refractivity (Wildman–Crippen MR) is 98.5 cm³/mol. The summed E-state index contributed by atoms with van der Waals surface area (Å²) in [7, 11) is -4.34. The fourth-order valence-electron chi connectivity index (χ4n) is 3.30. The molecule has 148 valence electrons. The molecule has 2 unspecified atom stereocenters. The third-order valence-corrected chi connectivity index (χ3v) is 6.50. The van der Waals surface area contributed by atoms with Gasteiger partial charge in [0, 0.05) is 17.7 Å². The molecular formula is C18H13N3O7S. The fourth-order valence-corrected chi connectivity index (χ4v) is 4.84. The van der Waals surface area contributed by atoms with E-state index in [-0.39, 0.29) is 26.2 Å². The number of imide groups is 1. The number of oxime groups is 1. The van der Waals surface area contributed by atoms with Gasteiger partial charge < -0.3 is 4.84 Å². The van der Waals surface area contributed by atoms with E-state index in [1.54, 1.807) is 13.0 Å². The minimum Gasteiger partial charge on any atom is -0.381 e. The van der Waals surface area contributed by atoms with Gasteiger partial charge in [0.25, 0.3) is 27.5 Å². The van der Waals surface area contributed by atoms with Crippen molar-refractivity contribution in [1.29, 1.82) is 0 Å². The zero-order valence-corrected chi connectivity index (χ0v) is 15.7. The molecule has 29 heavy (non-hydrogen) atoms. The van der Waals surface area contributed by atoms with Gasteiger partial charge in [-0.3, -0.25) is 19.7 Å². The molecule has 0 saturated heterocycles. The number of hydrogen-bond acceptors (Lipinski definition) is 8. The number of fused-ring (bicyclic) bond motifs is 1. The summed E-state index contributed by atoms with van der Waals surface area (Å²) in [5, 5.41) is 14.8. The topological polar surface area (TPSA) is 136 Å². The molecule has 0 aliphatic carbocycles. The summed E-state index contributed by atoms with van der Waals surface area (Å²) >= 11 is 0. The Morgan fingerprint density at radius 3 is 2.62 bits per heavy atom. The van der Waals surface area contributed by atoms with Gasteiger partial charge in [0.05, 0.1) is 22.1 Å². The maximum absolute atomic E-state index is 12.9. The number of hydrogen-bond donors (Lipinski definition) is 0. The lowest BCUT2D eigenvalue weighted by atomic mass is 9.93. The number of rotatable bonds is 3. The van der Waals surface area contributed by atoms with Crippen molar-refractivity contribution < 1.29 is 27.8 Å². The monoisotopic (exact) mass is 415 g/mol. The highest BCUT2D eigenvalue weighted by atomic mass is 32.2. The Kier molecular flexibility index (Phi) is 4.19. The van der Waals surface area contributed by atoms with Crippen LogP contribution in [0.25, 0.3) is 0 Å². The number of nitro groups is 1. The van der Waals surface area contributed by atoms with Crippen LogP contribution in [0.1, 0.15) is 22.8 Å². The first-order chi connectivity index (χ1) is 13.7. The van der Waals surface area contributed by atoms with E-state index in [2.05, 4.69) is 5.16 Å². The molecule has 11 heteroatoms. The zero-order valence-electron chi connectivity index (χ0n) is 14.9. The maximum atomic E-state index is 12.9. The summed E-state index contributed by atoms with van der Waals surface area (Å²) in [6.07, 6.45) is -1.36. The number of amides is 2. The molecule has 0 fully saturated rings. The van der Waals surface area contributed by atoms with Crippen LogP contribution < -0.4 is 0 Å². The largest absolute Gasteiger partial charge is 0.381 e. The molecule has 2 aromatic rings. The highest BCUT2D eigenvalue weighted by Crippen LogP contribution is 2.33. The summed E-state index contributed by atoms with van der Waals surface area (Å²) in [6, 6.07) is 11.1. The summed E-state index contributed by atoms with van der Waals surface area (Å²) in [6.45, 7) is 1.56. The lowest BCUT2D eigenvalue weighted by Gasteiger charge is -2.19. The van der Waals surface area contributed by atoms with Gasteiger partial charge in [-0.15, -0.1) is 0 Å². The van der Waals surface area contributed by atoms with Crippen LogP contribution in [0.3, 0.4) is 0 Å². The molecule has 0 spiro atoms. The molecular weight excluding hydrogens is 402 g/mol. The van der Waals surface area contributed by atoms with Crippen molar-refractivity contribution in [2.24, 2.45) is 11.1 Å². The first-order valence-corrected chi connectivity index (χ1v) is 9.88. The Bertz CT molecular complexity index is 1210. The predicted octanol–water partition coefficient (Wildman–Crippen LogP) is 1.71. The van der Waals surface area contributed by atoms with Crippen molar-refractivity contribution in [2.75, 3.05) is 0 Å². The van der Waals surface area contributed by atoms with Gasteiger partial charge in [-0.1, -0.05) is 36.3 Å². The van der Waals surface area contributed by atoms with Crippen LogP contribution >= 0.6 is 0 Å². The molecule has 2 aliphatic heterocycles. The first-order valence-electron chi connectivity index (χ1n) is 8.44. The molecule has 0 radical (unpaired) electrons. The Morgan fingerprint density at radius 2 is 1.93 bits per heavy atom. The Labute approximate surface area is 164 Å². The van der Waals surface area contributed by atoms with Gasteiger partial charge in [-0.25, -0.2) is 8.42 Å². The van der Waals surface area contributed by atoms with Crippen LogP contribution in [0.15, 0.2) is 58.6 Å². The van der Waals surface area contributed by atoms with E-state index in [9.17, 15) is 28.1 Å². The quantitative estimate of drug-likeness (QED) is 0.423. The summed E-state index contributed by atoms with van der Waals surface area (Å²) in [4.78, 5) is 40.8. The number of nitrogens with zero attached hydrogens (tertiary/aromatic N) is 3. The van der Waals surface area contributed by atoms with Gasteiger partial charge in [0.1, 0.15) is 4.90 Å². The van der Waals surface area contributed by atoms with Crippen LogP contribution in [-0.2, 0) is 19.7 Å². The lowest BCUT2D eigenvalue weighted by Crippen LogP contribution is -2.45. The molecule has 2 aromatic carbocycles. The Hall–Kier alpha value is -3.60. The van der Waals surface area contributed by atoms with Gasteiger partial charge in [-0.2, -0.15) is 4.31 Å². The maximum Gasteiger partial charge on any atom is 0.288 e. The van der Waals surface area contributed by atoms with E-state index in [1.807, 2.05) is 0 Å². The van der Waals surface area contributed by atoms with Crippen LogP contribution in [0.5, 0.6) is 0 Å². The minimum atomic E-state index is -4.34. The standard InChI is InChI=1S/C18H13N3O7S/c1-10-15(11-5-4-6-12(9-11)21(24)25)19-28-16(10)18(23)20-17(22)13-7-2-3-8-14(13)29(20,26)27/h2-10,16H,1H3. The molecule has 2 aliphatic rings. The molecule has 0 bridgehead atoms. The number of benzene rings is 2. The normalized spacial score (nSPS) is 22.0. The van der Waals surface area contributed by atoms with Gasteiger partial charge >= 0.3 is 0 Å². The Balaban J connectivity index is 1.63. The van der Waals surface area contributed by atoms with Crippen molar-refractivity contribution >= 4 is 33.2 Å². The van der Waals surface area contributed by atoms with Crippen molar-refractivity contribution in [3.05, 3.63) is 69.8 Å². The third kappa shape index (κ3) is 2.78. The second kappa shape index (κ2) is 6.48. The smallest absolute Gasteiger partial charge is 0.288 e.